The van der Waals surface area contributed by atoms with Crippen molar-refractivity contribution in [2.24, 2.45) is 0 Å². The second-order valence-corrected chi connectivity index (χ2v) is 4.52. The standard InChI is InChI=1S/C12H16N4O5/c1-20-10(18)6-8-11(12(19)21-2)13-14-16(8)7-9(17)15-4-3-5-15/h3-7H2,1-2H3. The molecule has 9 nitrogen and oxygen atoms in total. The summed E-state index contributed by atoms with van der Waals surface area (Å²) in [6, 6.07) is 0. The maximum atomic E-state index is 12.0. The smallest absolute Gasteiger partial charge is 0.360 e. The highest BCUT2D eigenvalue weighted by atomic mass is 16.5. The zero-order chi connectivity index (χ0) is 15.4. The summed E-state index contributed by atoms with van der Waals surface area (Å²) in [5.74, 6) is -1.40. The summed E-state index contributed by atoms with van der Waals surface area (Å²) in [4.78, 5) is 36.7. The highest BCUT2D eigenvalue weighted by Crippen LogP contribution is 2.12. The van der Waals surface area contributed by atoms with Crippen LogP contribution in [0.5, 0.6) is 0 Å². The van der Waals surface area contributed by atoms with Gasteiger partial charge in [0.2, 0.25) is 5.91 Å². The van der Waals surface area contributed by atoms with E-state index in [1.165, 1.54) is 18.9 Å². The molecule has 1 aliphatic heterocycles. The predicted molar refractivity (Wildman–Crippen MR) is 68.3 cm³/mol. The van der Waals surface area contributed by atoms with Gasteiger partial charge in [-0.1, -0.05) is 5.21 Å². The second-order valence-electron chi connectivity index (χ2n) is 4.52. The number of carbonyl (C=O) groups excluding carboxylic acids is 3. The molecule has 0 unspecified atom stereocenters. The Morgan fingerprint density at radius 1 is 1.19 bits per heavy atom. The van der Waals surface area contributed by atoms with E-state index in [4.69, 9.17) is 0 Å². The molecule has 0 aliphatic carbocycles. The van der Waals surface area contributed by atoms with Crippen molar-refractivity contribution in [2.45, 2.75) is 19.4 Å². The van der Waals surface area contributed by atoms with Crippen molar-refractivity contribution in [3.63, 3.8) is 0 Å². The number of hydrogen-bond donors (Lipinski definition) is 0. The first-order valence-electron chi connectivity index (χ1n) is 6.42. The van der Waals surface area contributed by atoms with Gasteiger partial charge in [0.15, 0.2) is 5.69 Å². The molecule has 1 fully saturated rings. The minimum Gasteiger partial charge on any atom is -0.469 e. The number of rotatable bonds is 5. The van der Waals surface area contributed by atoms with Gasteiger partial charge in [0, 0.05) is 13.1 Å². The van der Waals surface area contributed by atoms with Crippen LogP contribution >= 0.6 is 0 Å². The summed E-state index contributed by atoms with van der Waals surface area (Å²) in [5, 5.41) is 7.45. The third kappa shape index (κ3) is 3.18. The Balaban J connectivity index is 2.22. The average Bonchev–Trinajstić information content (AvgIpc) is 2.78. The van der Waals surface area contributed by atoms with Crippen molar-refractivity contribution in [2.75, 3.05) is 27.3 Å². The molecule has 1 aliphatic rings. The summed E-state index contributed by atoms with van der Waals surface area (Å²) in [5.41, 5.74) is 0.127. The number of nitrogens with zero attached hydrogens (tertiary/aromatic N) is 4. The Labute approximate surface area is 120 Å². The molecule has 114 valence electrons. The number of likely N-dealkylation sites (tertiary alicyclic amines) is 1. The number of hydrogen-bond acceptors (Lipinski definition) is 7. The van der Waals surface area contributed by atoms with Gasteiger partial charge in [-0.25, -0.2) is 9.48 Å². The van der Waals surface area contributed by atoms with Crippen LogP contribution in [-0.4, -0.2) is 65.0 Å². The second kappa shape index (κ2) is 6.33. The van der Waals surface area contributed by atoms with Gasteiger partial charge in [-0.15, -0.1) is 5.10 Å². The molecular weight excluding hydrogens is 280 g/mol. The molecule has 0 N–H and O–H groups in total. The highest BCUT2D eigenvalue weighted by Gasteiger charge is 2.26. The van der Waals surface area contributed by atoms with Crippen LogP contribution in [0.4, 0.5) is 0 Å². The van der Waals surface area contributed by atoms with Gasteiger partial charge in [0.1, 0.15) is 6.54 Å². The molecule has 0 atom stereocenters. The molecule has 1 aromatic rings. The first-order valence-corrected chi connectivity index (χ1v) is 6.42. The van der Waals surface area contributed by atoms with Gasteiger partial charge in [-0.2, -0.15) is 0 Å². The summed E-state index contributed by atoms with van der Waals surface area (Å²) < 4.78 is 10.4. The van der Waals surface area contributed by atoms with Gasteiger partial charge in [0.25, 0.3) is 0 Å². The van der Waals surface area contributed by atoms with Crippen LogP contribution in [-0.2, 0) is 32.0 Å². The monoisotopic (exact) mass is 296 g/mol. The maximum absolute atomic E-state index is 12.0. The minimum absolute atomic E-state index is 0.0731. The van der Waals surface area contributed by atoms with Crippen molar-refractivity contribution < 1.29 is 23.9 Å². The van der Waals surface area contributed by atoms with E-state index in [0.717, 1.165) is 6.42 Å². The van der Waals surface area contributed by atoms with Gasteiger partial charge < -0.3 is 14.4 Å². The number of aromatic nitrogens is 3. The summed E-state index contributed by atoms with van der Waals surface area (Å²) in [7, 11) is 2.44. The fourth-order valence-electron chi connectivity index (χ4n) is 1.89. The number of ether oxygens (including phenoxy) is 2. The van der Waals surface area contributed by atoms with E-state index in [0.29, 0.717) is 13.1 Å². The predicted octanol–water partition coefficient (Wildman–Crippen LogP) is -0.987. The third-order valence-electron chi connectivity index (χ3n) is 3.25. The Bertz CT molecular complexity index is 564. The summed E-state index contributed by atoms with van der Waals surface area (Å²) in [6.45, 7) is 1.35. The molecule has 21 heavy (non-hydrogen) atoms. The Morgan fingerprint density at radius 3 is 2.43 bits per heavy atom. The maximum Gasteiger partial charge on any atom is 0.360 e. The minimum atomic E-state index is -0.712. The first kappa shape index (κ1) is 14.9. The zero-order valence-corrected chi connectivity index (χ0v) is 11.9. The Kier molecular flexibility index (Phi) is 4.51. The Hall–Kier alpha value is -2.45. The quantitative estimate of drug-likeness (QED) is 0.643. The molecule has 0 spiro atoms. The molecule has 1 amide bonds. The van der Waals surface area contributed by atoms with Gasteiger partial charge in [-0.3, -0.25) is 9.59 Å². The van der Waals surface area contributed by atoms with E-state index < -0.39 is 11.9 Å². The fourth-order valence-corrected chi connectivity index (χ4v) is 1.89. The van der Waals surface area contributed by atoms with Crippen LogP contribution in [0, 0.1) is 0 Å². The number of esters is 2. The number of methoxy groups -OCH3 is 2. The van der Waals surface area contributed by atoms with E-state index in [9.17, 15) is 14.4 Å². The molecule has 0 bridgehead atoms. The van der Waals surface area contributed by atoms with Gasteiger partial charge in [0.05, 0.1) is 26.3 Å². The van der Waals surface area contributed by atoms with E-state index >= 15 is 0 Å². The average molecular weight is 296 g/mol. The van der Waals surface area contributed by atoms with Gasteiger partial charge >= 0.3 is 11.9 Å². The van der Waals surface area contributed by atoms with Crippen LogP contribution < -0.4 is 0 Å². The van der Waals surface area contributed by atoms with Gasteiger partial charge in [-0.05, 0) is 6.42 Å². The molecule has 2 heterocycles. The highest BCUT2D eigenvalue weighted by molar-refractivity contribution is 5.90. The van der Waals surface area contributed by atoms with E-state index in [1.807, 2.05) is 0 Å². The van der Waals surface area contributed by atoms with E-state index in [2.05, 4.69) is 19.8 Å². The summed E-state index contributed by atoms with van der Waals surface area (Å²) in [6.07, 6.45) is 0.771. The molecular formula is C12H16N4O5. The SMILES string of the molecule is COC(=O)Cc1c(C(=O)OC)nnn1CC(=O)N1CCC1. The lowest BCUT2D eigenvalue weighted by Crippen LogP contribution is -2.44. The largest absolute Gasteiger partial charge is 0.469 e. The lowest BCUT2D eigenvalue weighted by molar-refractivity contribution is -0.140. The van der Waals surface area contributed by atoms with Crippen molar-refractivity contribution in [1.82, 2.24) is 19.9 Å². The van der Waals surface area contributed by atoms with Crippen LogP contribution in [0.25, 0.3) is 0 Å². The van der Waals surface area contributed by atoms with E-state index in [-0.39, 0.29) is 30.3 Å². The normalized spacial score (nSPS) is 13.5. The lowest BCUT2D eigenvalue weighted by atomic mass is 10.2. The molecule has 9 heteroatoms. The topological polar surface area (TPSA) is 104 Å². The van der Waals surface area contributed by atoms with Crippen LogP contribution in [0.2, 0.25) is 0 Å². The molecule has 1 aromatic heterocycles. The van der Waals surface area contributed by atoms with Crippen LogP contribution in [0.3, 0.4) is 0 Å². The number of amides is 1. The van der Waals surface area contributed by atoms with Crippen LogP contribution in [0.15, 0.2) is 0 Å². The molecule has 0 saturated carbocycles. The molecule has 2 rings (SSSR count). The number of carbonyl (C=O) groups is 3. The zero-order valence-electron chi connectivity index (χ0n) is 11.9. The molecule has 0 aromatic carbocycles. The van der Waals surface area contributed by atoms with Crippen molar-refractivity contribution in [3.8, 4) is 0 Å². The summed E-state index contributed by atoms with van der Waals surface area (Å²) >= 11 is 0. The van der Waals surface area contributed by atoms with Crippen LogP contribution in [0.1, 0.15) is 22.6 Å². The van der Waals surface area contributed by atoms with E-state index in [1.54, 1.807) is 4.90 Å². The van der Waals surface area contributed by atoms with Crippen molar-refractivity contribution in [1.29, 1.82) is 0 Å². The molecule has 1 saturated heterocycles. The molecule has 0 radical (unpaired) electrons. The fraction of sp³-hybridized carbons (Fsp3) is 0.583. The third-order valence-corrected chi connectivity index (χ3v) is 3.25. The van der Waals surface area contributed by atoms with Crippen molar-refractivity contribution >= 4 is 17.8 Å². The van der Waals surface area contributed by atoms with Crippen molar-refractivity contribution in [3.05, 3.63) is 11.4 Å². The first-order chi connectivity index (χ1) is 10.1. The Morgan fingerprint density at radius 2 is 1.90 bits per heavy atom. The lowest BCUT2D eigenvalue weighted by Gasteiger charge is -2.30.